The number of hydrogen-bond acceptors (Lipinski definition) is 5. The SMILES string of the molecule is CN(C)S(=O)(=O)c1cccc(NC(=O)NCc2ccc3c(c2)OCO3)c1. The number of ether oxygens (including phenoxy) is 2. The Morgan fingerprint density at radius 1 is 1.12 bits per heavy atom. The van der Waals surface area contributed by atoms with Gasteiger partial charge in [-0.3, -0.25) is 0 Å². The van der Waals surface area contributed by atoms with Gasteiger partial charge in [0.2, 0.25) is 16.8 Å². The minimum Gasteiger partial charge on any atom is -0.454 e. The van der Waals surface area contributed by atoms with Crippen LogP contribution in [0.25, 0.3) is 0 Å². The molecule has 138 valence electrons. The van der Waals surface area contributed by atoms with E-state index in [0.717, 1.165) is 9.87 Å². The second kappa shape index (κ2) is 7.22. The Bertz CT molecular complexity index is 928. The molecule has 0 radical (unpaired) electrons. The number of fused-ring (bicyclic) bond motifs is 1. The number of urea groups is 1. The third kappa shape index (κ3) is 3.89. The zero-order valence-corrected chi connectivity index (χ0v) is 15.2. The van der Waals surface area contributed by atoms with Crippen LogP contribution in [0.5, 0.6) is 11.5 Å². The van der Waals surface area contributed by atoms with Gasteiger partial charge in [-0.1, -0.05) is 12.1 Å². The molecule has 3 rings (SSSR count). The Balaban J connectivity index is 1.62. The highest BCUT2D eigenvalue weighted by molar-refractivity contribution is 7.89. The third-order valence-electron chi connectivity index (χ3n) is 3.76. The van der Waals surface area contributed by atoms with Gasteiger partial charge in [0.1, 0.15) is 0 Å². The highest BCUT2D eigenvalue weighted by Gasteiger charge is 2.18. The molecule has 2 aromatic rings. The van der Waals surface area contributed by atoms with Gasteiger partial charge in [-0.15, -0.1) is 0 Å². The molecule has 8 nitrogen and oxygen atoms in total. The predicted molar refractivity (Wildman–Crippen MR) is 95.7 cm³/mol. The molecule has 0 atom stereocenters. The molecule has 0 saturated carbocycles. The smallest absolute Gasteiger partial charge is 0.319 e. The van der Waals surface area contributed by atoms with Crippen molar-refractivity contribution in [3.8, 4) is 11.5 Å². The fraction of sp³-hybridized carbons (Fsp3) is 0.235. The normalized spacial score (nSPS) is 12.9. The monoisotopic (exact) mass is 377 g/mol. The molecule has 0 aliphatic carbocycles. The lowest BCUT2D eigenvalue weighted by Crippen LogP contribution is -2.28. The van der Waals surface area contributed by atoms with Crippen molar-refractivity contribution in [3.63, 3.8) is 0 Å². The summed E-state index contributed by atoms with van der Waals surface area (Å²) in [7, 11) is -0.657. The van der Waals surface area contributed by atoms with E-state index in [4.69, 9.17) is 9.47 Å². The van der Waals surface area contributed by atoms with Gasteiger partial charge in [-0.05, 0) is 35.9 Å². The molecular weight excluding hydrogens is 358 g/mol. The summed E-state index contributed by atoms with van der Waals surface area (Å²) in [6.07, 6.45) is 0. The zero-order chi connectivity index (χ0) is 18.7. The van der Waals surface area contributed by atoms with Crippen LogP contribution < -0.4 is 20.1 Å². The summed E-state index contributed by atoms with van der Waals surface area (Å²) in [5.41, 5.74) is 1.24. The van der Waals surface area contributed by atoms with Gasteiger partial charge >= 0.3 is 6.03 Å². The summed E-state index contributed by atoms with van der Waals surface area (Å²) >= 11 is 0. The molecule has 1 heterocycles. The van der Waals surface area contributed by atoms with Gasteiger partial charge < -0.3 is 20.1 Å². The lowest BCUT2D eigenvalue weighted by molar-refractivity contribution is 0.174. The fourth-order valence-corrected chi connectivity index (χ4v) is 3.30. The third-order valence-corrected chi connectivity index (χ3v) is 5.57. The van der Waals surface area contributed by atoms with Crippen LogP contribution in [0.15, 0.2) is 47.4 Å². The lowest BCUT2D eigenvalue weighted by atomic mass is 10.2. The van der Waals surface area contributed by atoms with Crippen LogP contribution in [-0.4, -0.2) is 39.6 Å². The number of rotatable bonds is 5. The molecule has 2 N–H and O–H groups in total. The molecule has 0 saturated heterocycles. The average molecular weight is 377 g/mol. The van der Waals surface area contributed by atoms with Gasteiger partial charge in [0.25, 0.3) is 0 Å². The molecule has 1 aliphatic heterocycles. The molecular formula is C17H19N3O5S. The van der Waals surface area contributed by atoms with Crippen LogP contribution in [0.1, 0.15) is 5.56 Å². The van der Waals surface area contributed by atoms with Gasteiger partial charge in [0, 0.05) is 26.3 Å². The van der Waals surface area contributed by atoms with Crippen molar-refractivity contribution in [2.75, 3.05) is 26.2 Å². The van der Waals surface area contributed by atoms with Crippen LogP contribution in [0.2, 0.25) is 0 Å². The Morgan fingerprint density at radius 3 is 2.65 bits per heavy atom. The van der Waals surface area contributed by atoms with Crippen LogP contribution in [0, 0.1) is 0 Å². The number of hydrogen-bond donors (Lipinski definition) is 2. The highest BCUT2D eigenvalue weighted by atomic mass is 32.2. The van der Waals surface area contributed by atoms with E-state index in [2.05, 4.69) is 10.6 Å². The van der Waals surface area contributed by atoms with E-state index in [0.29, 0.717) is 17.2 Å². The quantitative estimate of drug-likeness (QED) is 0.831. The number of sulfonamides is 1. The van der Waals surface area contributed by atoms with Crippen LogP contribution >= 0.6 is 0 Å². The van der Waals surface area contributed by atoms with Crippen molar-refractivity contribution in [2.24, 2.45) is 0 Å². The van der Waals surface area contributed by atoms with Crippen molar-refractivity contribution in [1.29, 1.82) is 0 Å². The van der Waals surface area contributed by atoms with E-state index in [9.17, 15) is 13.2 Å². The van der Waals surface area contributed by atoms with Gasteiger partial charge in [-0.2, -0.15) is 0 Å². The van der Waals surface area contributed by atoms with E-state index >= 15 is 0 Å². The van der Waals surface area contributed by atoms with E-state index in [1.165, 1.54) is 26.2 Å². The summed E-state index contributed by atoms with van der Waals surface area (Å²) in [5, 5.41) is 5.34. The Labute approximate surface area is 151 Å². The van der Waals surface area contributed by atoms with Gasteiger partial charge in [-0.25, -0.2) is 17.5 Å². The fourth-order valence-electron chi connectivity index (χ4n) is 2.35. The second-order valence-corrected chi connectivity index (χ2v) is 7.96. The first-order valence-electron chi connectivity index (χ1n) is 7.82. The number of benzene rings is 2. The van der Waals surface area contributed by atoms with Crippen molar-refractivity contribution in [3.05, 3.63) is 48.0 Å². The molecule has 9 heteroatoms. The largest absolute Gasteiger partial charge is 0.454 e. The maximum atomic E-state index is 12.1. The summed E-state index contributed by atoms with van der Waals surface area (Å²) in [5.74, 6) is 1.32. The topological polar surface area (TPSA) is 97.0 Å². The van der Waals surface area contributed by atoms with E-state index in [1.54, 1.807) is 24.3 Å². The minimum atomic E-state index is -3.56. The van der Waals surface area contributed by atoms with Crippen LogP contribution in [0.4, 0.5) is 10.5 Å². The summed E-state index contributed by atoms with van der Waals surface area (Å²) in [4.78, 5) is 12.2. The molecule has 26 heavy (non-hydrogen) atoms. The zero-order valence-electron chi connectivity index (χ0n) is 14.4. The van der Waals surface area contributed by atoms with Crippen molar-refractivity contribution >= 4 is 21.7 Å². The summed E-state index contributed by atoms with van der Waals surface area (Å²) in [6, 6.07) is 11.1. The van der Waals surface area contributed by atoms with Crippen molar-refractivity contribution < 1.29 is 22.7 Å². The van der Waals surface area contributed by atoms with E-state index in [1.807, 2.05) is 6.07 Å². The maximum Gasteiger partial charge on any atom is 0.319 e. The minimum absolute atomic E-state index is 0.107. The van der Waals surface area contributed by atoms with E-state index < -0.39 is 16.1 Å². The number of amides is 2. The van der Waals surface area contributed by atoms with Crippen LogP contribution in [-0.2, 0) is 16.6 Å². The molecule has 1 aliphatic rings. The first-order chi connectivity index (χ1) is 12.4. The Hall–Kier alpha value is -2.78. The molecule has 0 bridgehead atoms. The van der Waals surface area contributed by atoms with Crippen molar-refractivity contribution in [1.82, 2.24) is 9.62 Å². The van der Waals surface area contributed by atoms with Crippen LogP contribution in [0.3, 0.4) is 0 Å². The first-order valence-corrected chi connectivity index (χ1v) is 9.26. The van der Waals surface area contributed by atoms with E-state index in [-0.39, 0.29) is 18.2 Å². The lowest BCUT2D eigenvalue weighted by Gasteiger charge is -2.13. The number of anilines is 1. The molecule has 2 aromatic carbocycles. The molecule has 0 unspecified atom stereocenters. The molecule has 0 aromatic heterocycles. The predicted octanol–water partition coefficient (Wildman–Crippen LogP) is 1.99. The number of nitrogens with zero attached hydrogens (tertiary/aromatic N) is 1. The molecule has 0 fully saturated rings. The second-order valence-electron chi connectivity index (χ2n) is 5.81. The van der Waals surface area contributed by atoms with Gasteiger partial charge in [0.15, 0.2) is 11.5 Å². The summed E-state index contributed by atoms with van der Waals surface area (Å²) in [6.45, 7) is 0.483. The number of carbonyl (C=O) groups excluding carboxylic acids is 1. The maximum absolute atomic E-state index is 12.1. The Morgan fingerprint density at radius 2 is 1.88 bits per heavy atom. The molecule has 0 spiro atoms. The Kier molecular flexibility index (Phi) is 5.01. The number of carbonyl (C=O) groups is 1. The molecule has 2 amide bonds. The number of nitrogens with one attached hydrogen (secondary N) is 2. The summed E-state index contributed by atoms with van der Waals surface area (Å²) < 4.78 is 35.9. The average Bonchev–Trinajstić information content (AvgIpc) is 3.08. The first kappa shape index (κ1) is 18.0. The van der Waals surface area contributed by atoms with Gasteiger partial charge in [0.05, 0.1) is 4.90 Å². The van der Waals surface area contributed by atoms with Crippen molar-refractivity contribution in [2.45, 2.75) is 11.4 Å². The standard InChI is InChI=1S/C17H19N3O5S/c1-20(2)26(22,23)14-5-3-4-13(9-14)19-17(21)18-10-12-6-7-15-16(8-12)25-11-24-15/h3-9H,10-11H2,1-2H3,(H2,18,19,21). The highest BCUT2D eigenvalue weighted by Crippen LogP contribution is 2.32.